The number of hydrogen-bond acceptors (Lipinski definition) is 3. The van der Waals surface area contributed by atoms with Crippen LogP contribution in [0.5, 0.6) is 5.75 Å². The van der Waals surface area contributed by atoms with E-state index in [4.69, 9.17) is 4.74 Å². The molecule has 1 N–H and O–H groups in total. The molecule has 1 aliphatic rings. The fraction of sp³-hybridized carbons (Fsp3) is 0.333. The number of aromatic amines is 1. The van der Waals surface area contributed by atoms with Crippen molar-refractivity contribution in [3.63, 3.8) is 0 Å². The maximum Gasteiger partial charge on any atom is 0.326 e. The second-order valence-electron chi connectivity index (χ2n) is 7.03. The maximum atomic E-state index is 12.8. The molecule has 2 heterocycles. The molecule has 4 rings (SSSR count). The summed E-state index contributed by atoms with van der Waals surface area (Å²) in [6.45, 7) is 3.22. The zero-order valence-corrected chi connectivity index (χ0v) is 15.6. The SMILES string of the molecule is COc1cc(C(=O)N2CCC(n3c(=O)[nH]c4ccccc43)CC2)ccc1C. The largest absolute Gasteiger partial charge is 0.496 e. The second-order valence-corrected chi connectivity index (χ2v) is 7.03. The third-order valence-electron chi connectivity index (χ3n) is 5.40. The summed E-state index contributed by atoms with van der Waals surface area (Å²) >= 11 is 0. The van der Waals surface area contributed by atoms with E-state index in [-0.39, 0.29) is 17.6 Å². The normalized spacial score (nSPS) is 15.3. The number of amides is 1. The Balaban J connectivity index is 1.51. The van der Waals surface area contributed by atoms with E-state index in [9.17, 15) is 9.59 Å². The quantitative estimate of drug-likeness (QED) is 0.775. The van der Waals surface area contributed by atoms with E-state index in [1.807, 2.05) is 52.8 Å². The first-order valence-corrected chi connectivity index (χ1v) is 9.21. The van der Waals surface area contributed by atoms with E-state index in [2.05, 4.69) is 4.98 Å². The van der Waals surface area contributed by atoms with Crippen LogP contribution >= 0.6 is 0 Å². The molecule has 6 heteroatoms. The molecule has 0 spiro atoms. The Kier molecular flexibility index (Phi) is 4.48. The van der Waals surface area contributed by atoms with Gasteiger partial charge in [0.1, 0.15) is 5.75 Å². The van der Waals surface area contributed by atoms with E-state index in [1.165, 1.54) is 0 Å². The number of piperidine rings is 1. The molecule has 6 nitrogen and oxygen atoms in total. The summed E-state index contributed by atoms with van der Waals surface area (Å²) < 4.78 is 7.17. The maximum absolute atomic E-state index is 12.8. The summed E-state index contributed by atoms with van der Waals surface area (Å²) in [7, 11) is 1.61. The van der Waals surface area contributed by atoms with Gasteiger partial charge in [-0.1, -0.05) is 18.2 Å². The molecule has 1 saturated heterocycles. The highest BCUT2D eigenvalue weighted by Crippen LogP contribution is 2.26. The lowest BCUT2D eigenvalue weighted by atomic mass is 10.0. The summed E-state index contributed by atoms with van der Waals surface area (Å²) in [5.74, 6) is 0.735. The summed E-state index contributed by atoms with van der Waals surface area (Å²) in [6.07, 6.45) is 1.52. The smallest absolute Gasteiger partial charge is 0.326 e. The van der Waals surface area contributed by atoms with Crippen molar-refractivity contribution in [3.05, 3.63) is 64.1 Å². The lowest BCUT2D eigenvalue weighted by Crippen LogP contribution is -2.40. The minimum absolute atomic E-state index is 0.0121. The first-order chi connectivity index (χ1) is 13.1. The zero-order chi connectivity index (χ0) is 19.0. The van der Waals surface area contributed by atoms with E-state index < -0.39 is 0 Å². The van der Waals surface area contributed by atoms with Gasteiger partial charge in [0.05, 0.1) is 18.1 Å². The molecule has 1 fully saturated rings. The molecular weight excluding hydrogens is 342 g/mol. The summed E-state index contributed by atoms with van der Waals surface area (Å²) in [4.78, 5) is 30.0. The van der Waals surface area contributed by atoms with Gasteiger partial charge in [0.15, 0.2) is 0 Å². The van der Waals surface area contributed by atoms with Gasteiger partial charge in [-0.05, 0) is 49.6 Å². The van der Waals surface area contributed by atoms with Gasteiger partial charge in [-0.15, -0.1) is 0 Å². The third kappa shape index (κ3) is 3.12. The lowest BCUT2D eigenvalue weighted by Gasteiger charge is -2.32. The molecule has 2 aromatic carbocycles. The van der Waals surface area contributed by atoms with Gasteiger partial charge in [-0.3, -0.25) is 9.36 Å². The molecule has 0 saturated carbocycles. The monoisotopic (exact) mass is 365 g/mol. The molecule has 0 bridgehead atoms. The molecule has 1 amide bonds. The fourth-order valence-corrected chi connectivity index (χ4v) is 3.90. The van der Waals surface area contributed by atoms with Crippen molar-refractivity contribution in [2.75, 3.05) is 20.2 Å². The molecule has 0 radical (unpaired) electrons. The minimum Gasteiger partial charge on any atom is -0.496 e. The van der Waals surface area contributed by atoms with Gasteiger partial charge in [0.2, 0.25) is 0 Å². The molecule has 3 aromatic rings. The number of carbonyl (C=O) groups excluding carboxylic acids is 1. The van der Waals surface area contributed by atoms with Crippen LogP contribution in [0.2, 0.25) is 0 Å². The first kappa shape index (κ1) is 17.4. The fourth-order valence-electron chi connectivity index (χ4n) is 3.90. The number of nitrogens with one attached hydrogen (secondary N) is 1. The topological polar surface area (TPSA) is 67.3 Å². The molecule has 1 aromatic heterocycles. The van der Waals surface area contributed by atoms with E-state index in [0.717, 1.165) is 35.2 Å². The van der Waals surface area contributed by atoms with Gasteiger partial charge < -0.3 is 14.6 Å². The number of aromatic nitrogens is 2. The highest BCUT2D eigenvalue weighted by molar-refractivity contribution is 5.94. The number of fused-ring (bicyclic) bond motifs is 1. The zero-order valence-electron chi connectivity index (χ0n) is 15.6. The van der Waals surface area contributed by atoms with Crippen LogP contribution in [0.1, 0.15) is 34.8 Å². The molecule has 0 unspecified atom stereocenters. The number of methoxy groups -OCH3 is 1. The Bertz CT molecular complexity index is 1040. The highest BCUT2D eigenvalue weighted by atomic mass is 16.5. The third-order valence-corrected chi connectivity index (χ3v) is 5.40. The van der Waals surface area contributed by atoms with Gasteiger partial charge >= 0.3 is 5.69 Å². The predicted molar refractivity (Wildman–Crippen MR) is 104 cm³/mol. The van der Waals surface area contributed by atoms with Crippen molar-refractivity contribution in [1.82, 2.24) is 14.5 Å². The Labute approximate surface area is 157 Å². The van der Waals surface area contributed by atoms with E-state index in [1.54, 1.807) is 13.2 Å². The Morgan fingerprint density at radius 1 is 1.15 bits per heavy atom. The summed E-state index contributed by atoms with van der Waals surface area (Å²) in [5.41, 5.74) is 3.35. The van der Waals surface area contributed by atoms with E-state index in [0.29, 0.717) is 18.7 Å². The number of benzene rings is 2. The number of nitrogens with zero attached hydrogens (tertiary/aromatic N) is 2. The van der Waals surface area contributed by atoms with Crippen LogP contribution < -0.4 is 10.4 Å². The standard InChI is InChI=1S/C21H23N3O3/c1-14-7-8-15(13-19(14)27-2)20(25)23-11-9-16(10-12-23)24-18-6-4-3-5-17(18)22-21(24)26/h3-8,13,16H,9-12H2,1-2H3,(H,22,26). The second kappa shape index (κ2) is 6.95. The van der Waals surface area contributed by atoms with Crippen LogP contribution in [0.15, 0.2) is 47.3 Å². The van der Waals surface area contributed by atoms with Crippen LogP contribution in [-0.4, -0.2) is 40.6 Å². The van der Waals surface area contributed by atoms with Gasteiger partial charge in [-0.25, -0.2) is 4.79 Å². The molecule has 0 atom stereocenters. The van der Waals surface area contributed by atoms with Crippen molar-refractivity contribution in [2.24, 2.45) is 0 Å². The number of rotatable bonds is 3. The van der Waals surface area contributed by atoms with Crippen molar-refractivity contribution in [2.45, 2.75) is 25.8 Å². The number of ether oxygens (including phenoxy) is 1. The average molecular weight is 365 g/mol. The van der Waals surface area contributed by atoms with Crippen molar-refractivity contribution < 1.29 is 9.53 Å². The van der Waals surface area contributed by atoms with Crippen molar-refractivity contribution in [1.29, 1.82) is 0 Å². The summed E-state index contributed by atoms with van der Waals surface area (Å²) in [5, 5.41) is 0. The Morgan fingerprint density at radius 2 is 1.89 bits per heavy atom. The highest BCUT2D eigenvalue weighted by Gasteiger charge is 2.26. The molecule has 140 valence electrons. The van der Waals surface area contributed by atoms with Crippen LogP contribution in [0.25, 0.3) is 11.0 Å². The van der Waals surface area contributed by atoms with E-state index >= 15 is 0 Å². The summed E-state index contributed by atoms with van der Waals surface area (Å²) in [6, 6.07) is 13.4. The number of likely N-dealkylation sites (tertiary alicyclic amines) is 1. The van der Waals surface area contributed by atoms with Crippen LogP contribution in [0.3, 0.4) is 0 Å². The number of aryl methyl sites for hydroxylation is 1. The van der Waals surface area contributed by atoms with Crippen LogP contribution in [0.4, 0.5) is 0 Å². The number of para-hydroxylation sites is 2. The van der Waals surface area contributed by atoms with Gasteiger partial charge in [0.25, 0.3) is 5.91 Å². The number of H-pyrrole nitrogens is 1. The molecule has 27 heavy (non-hydrogen) atoms. The van der Waals surface area contributed by atoms with Crippen LogP contribution in [0, 0.1) is 6.92 Å². The van der Waals surface area contributed by atoms with Crippen molar-refractivity contribution >= 4 is 16.9 Å². The Hall–Kier alpha value is -3.02. The average Bonchev–Trinajstić information content (AvgIpc) is 3.03. The van der Waals surface area contributed by atoms with Crippen molar-refractivity contribution in [3.8, 4) is 5.75 Å². The molecule has 1 aliphatic heterocycles. The Morgan fingerprint density at radius 3 is 2.63 bits per heavy atom. The predicted octanol–water partition coefficient (Wildman–Crippen LogP) is 3.12. The first-order valence-electron chi connectivity index (χ1n) is 9.21. The number of hydrogen-bond donors (Lipinski definition) is 1. The van der Waals surface area contributed by atoms with Gasteiger partial charge in [-0.2, -0.15) is 0 Å². The lowest BCUT2D eigenvalue weighted by molar-refractivity contribution is 0.0694. The number of imidazole rings is 1. The van der Waals surface area contributed by atoms with Gasteiger partial charge in [0, 0.05) is 24.7 Å². The minimum atomic E-state index is -0.0794. The number of carbonyl (C=O) groups is 1. The molecular formula is C21H23N3O3. The van der Waals surface area contributed by atoms with Crippen LogP contribution in [-0.2, 0) is 0 Å². The molecule has 0 aliphatic carbocycles.